The first-order valence-electron chi connectivity index (χ1n) is 4.60. The van der Waals surface area contributed by atoms with E-state index in [1.807, 2.05) is 0 Å². The summed E-state index contributed by atoms with van der Waals surface area (Å²) in [4.78, 5) is 0. The Balaban J connectivity index is 2.16. The molecule has 0 aliphatic carbocycles. The SMILES string of the molecule is CC(C)CC1OCC(CCO)O1. The molecule has 0 aromatic heterocycles. The van der Waals surface area contributed by atoms with Crippen LogP contribution in [-0.2, 0) is 9.47 Å². The number of rotatable bonds is 4. The first kappa shape index (κ1) is 9.96. The van der Waals surface area contributed by atoms with Crippen LogP contribution in [0, 0.1) is 5.92 Å². The first-order valence-corrected chi connectivity index (χ1v) is 4.60. The normalized spacial score (nSPS) is 30.0. The van der Waals surface area contributed by atoms with Crippen LogP contribution in [0.15, 0.2) is 0 Å². The molecule has 0 saturated carbocycles. The van der Waals surface area contributed by atoms with Gasteiger partial charge in [-0.05, 0) is 12.3 Å². The standard InChI is InChI=1S/C9H18O3/c1-7(2)5-9-11-6-8(12-9)3-4-10/h7-10H,3-6H2,1-2H3. The predicted octanol–water partition coefficient (Wildman–Crippen LogP) is 1.16. The van der Waals surface area contributed by atoms with Crippen LogP contribution in [0.2, 0.25) is 0 Å². The maximum atomic E-state index is 8.66. The van der Waals surface area contributed by atoms with Gasteiger partial charge in [0.2, 0.25) is 0 Å². The third kappa shape index (κ3) is 3.09. The van der Waals surface area contributed by atoms with Crippen molar-refractivity contribution in [1.82, 2.24) is 0 Å². The summed E-state index contributed by atoms with van der Waals surface area (Å²) in [6.07, 6.45) is 1.71. The Morgan fingerprint density at radius 3 is 2.83 bits per heavy atom. The van der Waals surface area contributed by atoms with Gasteiger partial charge in [0.15, 0.2) is 6.29 Å². The molecule has 0 spiro atoms. The quantitative estimate of drug-likeness (QED) is 0.695. The molecule has 1 aliphatic rings. The topological polar surface area (TPSA) is 38.7 Å². The fraction of sp³-hybridized carbons (Fsp3) is 1.00. The number of hydrogen-bond donors (Lipinski definition) is 1. The largest absolute Gasteiger partial charge is 0.396 e. The molecule has 2 unspecified atom stereocenters. The molecule has 1 rings (SSSR count). The highest BCUT2D eigenvalue weighted by molar-refractivity contribution is 4.65. The van der Waals surface area contributed by atoms with E-state index in [4.69, 9.17) is 14.6 Å². The van der Waals surface area contributed by atoms with E-state index in [-0.39, 0.29) is 19.0 Å². The molecule has 1 N–H and O–H groups in total. The third-order valence-corrected chi connectivity index (χ3v) is 1.93. The van der Waals surface area contributed by atoms with E-state index >= 15 is 0 Å². The van der Waals surface area contributed by atoms with Crippen LogP contribution < -0.4 is 0 Å². The summed E-state index contributed by atoms with van der Waals surface area (Å²) in [5.74, 6) is 0.600. The van der Waals surface area contributed by atoms with Gasteiger partial charge in [-0.2, -0.15) is 0 Å². The highest BCUT2D eigenvalue weighted by Gasteiger charge is 2.25. The van der Waals surface area contributed by atoms with Crippen LogP contribution in [-0.4, -0.2) is 30.7 Å². The fourth-order valence-electron chi connectivity index (χ4n) is 1.31. The Kier molecular flexibility index (Phi) is 3.98. The number of hydrogen-bond acceptors (Lipinski definition) is 3. The van der Waals surface area contributed by atoms with Crippen molar-refractivity contribution in [3.63, 3.8) is 0 Å². The van der Waals surface area contributed by atoms with E-state index in [1.54, 1.807) is 0 Å². The summed E-state index contributed by atoms with van der Waals surface area (Å²) in [5.41, 5.74) is 0. The number of aliphatic hydroxyl groups is 1. The lowest BCUT2D eigenvalue weighted by Crippen LogP contribution is -2.15. The van der Waals surface area contributed by atoms with E-state index in [1.165, 1.54) is 0 Å². The molecule has 0 radical (unpaired) electrons. The van der Waals surface area contributed by atoms with Gasteiger partial charge in [-0.1, -0.05) is 13.8 Å². The molecule has 0 aromatic rings. The molecule has 0 aromatic carbocycles. The zero-order valence-corrected chi connectivity index (χ0v) is 7.82. The van der Waals surface area contributed by atoms with Crippen LogP contribution in [0.3, 0.4) is 0 Å². The summed E-state index contributed by atoms with van der Waals surface area (Å²) in [5, 5.41) is 8.66. The minimum absolute atomic E-state index is 0.0402. The molecule has 2 atom stereocenters. The van der Waals surface area contributed by atoms with Gasteiger partial charge in [-0.25, -0.2) is 0 Å². The Morgan fingerprint density at radius 1 is 1.50 bits per heavy atom. The van der Waals surface area contributed by atoms with Crippen LogP contribution in [0.1, 0.15) is 26.7 Å². The summed E-state index contributed by atoms with van der Waals surface area (Å²) in [7, 11) is 0. The minimum atomic E-state index is -0.0402. The molecule has 0 amide bonds. The molecule has 3 heteroatoms. The summed E-state index contributed by atoms with van der Waals surface area (Å²) in [6, 6.07) is 0. The molecular weight excluding hydrogens is 156 g/mol. The summed E-state index contributed by atoms with van der Waals surface area (Å²) >= 11 is 0. The van der Waals surface area contributed by atoms with Crippen molar-refractivity contribution >= 4 is 0 Å². The van der Waals surface area contributed by atoms with Crippen molar-refractivity contribution < 1.29 is 14.6 Å². The van der Waals surface area contributed by atoms with Crippen LogP contribution in [0.5, 0.6) is 0 Å². The van der Waals surface area contributed by atoms with Crippen molar-refractivity contribution in [2.24, 2.45) is 5.92 Å². The van der Waals surface area contributed by atoms with Gasteiger partial charge in [0.1, 0.15) is 0 Å². The zero-order valence-electron chi connectivity index (χ0n) is 7.82. The molecule has 1 heterocycles. The van der Waals surface area contributed by atoms with Gasteiger partial charge in [0.25, 0.3) is 0 Å². The lowest BCUT2D eigenvalue weighted by Gasteiger charge is -2.12. The van der Waals surface area contributed by atoms with E-state index in [0.717, 1.165) is 6.42 Å². The van der Waals surface area contributed by atoms with Crippen molar-refractivity contribution in [2.75, 3.05) is 13.2 Å². The third-order valence-electron chi connectivity index (χ3n) is 1.93. The fourth-order valence-corrected chi connectivity index (χ4v) is 1.31. The lowest BCUT2D eigenvalue weighted by molar-refractivity contribution is -0.0711. The Morgan fingerprint density at radius 2 is 2.25 bits per heavy atom. The lowest BCUT2D eigenvalue weighted by atomic mass is 10.1. The first-order chi connectivity index (χ1) is 5.72. The van der Waals surface area contributed by atoms with Gasteiger partial charge in [-0.15, -0.1) is 0 Å². The van der Waals surface area contributed by atoms with Crippen LogP contribution in [0.4, 0.5) is 0 Å². The highest BCUT2D eigenvalue weighted by atomic mass is 16.7. The maximum Gasteiger partial charge on any atom is 0.158 e. The highest BCUT2D eigenvalue weighted by Crippen LogP contribution is 2.19. The van der Waals surface area contributed by atoms with Gasteiger partial charge < -0.3 is 14.6 Å². The Bertz CT molecular complexity index is 125. The smallest absolute Gasteiger partial charge is 0.158 e. The van der Waals surface area contributed by atoms with E-state index in [2.05, 4.69) is 13.8 Å². The average Bonchev–Trinajstić information content (AvgIpc) is 2.36. The summed E-state index contributed by atoms with van der Waals surface area (Å²) < 4.78 is 10.9. The number of aliphatic hydroxyl groups excluding tert-OH is 1. The van der Waals surface area contributed by atoms with Gasteiger partial charge >= 0.3 is 0 Å². The Labute approximate surface area is 73.7 Å². The van der Waals surface area contributed by atoms with Crippen molar-refractivity contribution in [3.05, 3.63) is 0 Å². The van der Waals surface area contributed by atoms with E-state index in [0.29, 0.717) is 18.9 Å². The van der Waals surface area contributed by atoms with Crippen LogP contribution in [0.25, 0.3) is 0 Å². The second-order valence-electron chi connectivity index (χ2n) is 3.66. The monoisotopic (exact) mass is 174 g/mol. The van der Waals surface area contributed by atoms with Crippen molar-refractivity contribution in [3.8, 4) is 0 Å². The molecule has 12 heavy (non-hydrogen) atoms. The number of ether oxygens (including phenoxy) is 2. The zero-order chi connectivity index (χ0) is 8.97. The summed E-state index contributed by atoms with van der Waals surface area (Å²) in [6.45, 7) is 5.11. The van der Waals surface area contributed by atoms with Gasteiger partial charge in [-0.3, -0.25) is 0 Å². The molecule has 0 bridgehead atoms. The van der Waals surface area contributed by atoms with Crippen LogP contribution >= 0.6 is 0 Å². The molecule has 1 fully saturated rings. The van der Waals surface area contributed by atoms with Gasteiger partial charge in [0, 0.05) is 13.0 Å². The predicted molar refractivity (Wildman–Crippen MR) is 45.8 cm³/mol. The second kappa shape index (κ2) is 4.80. The molecule has 1 aliphatic heterocycles. The average molecular weight is 174 g/mol. The van der Waals surface area contributed by atoms with E-state index in [9.17, 15) is 0 Å². The Hall–Kier alpha value is -0.120. The van der Waals surface area contributed by atoms with Gasteiger partial charge in [0.05, 0.1) is 12.7 Å². The van der Waals surface area contributed by atoms with Crippen molar-refractivity contribution in [2.45, 2.75) is 39.1 Å². The second-order valence-corrected chi connectivity index (χ2v) is 3.66. The minimum Gasteiger partial charge on any atom is -0.396 e. The van der Waals surface area contributed by atoms with E-state index < -0.39 is 0 Å². The molecular formula is C9H18O3. The molecule has 3 nitrogen and oxygen atoms in total. The molecule has 1 saturated heterocycles. The maximum absolute atomic E-state index is 8.66. The molecule has 72 valence electrons. The van der Waals surface area contributed by atoms with Crippen molar-refractivity contribution in [1.29, 1.82) is 0 Å².